The largest absolute Gasteiger partial charge is 0.412 e. The summed E-state index contributed by atoms with van der Waals surface area (Å²) in [5, 5.41) is 8.81. The number of aromatic nitrogens is 4. The van der Waals surface area contributed by atoms with Crippen molar-refractivity contribution in [2.24, 2.45) is 10.2 Å². The Morgan fingerprint density at radius 1 is 0.655 bits per heavy atom. The molecule has 0 aliphatic heterocycles. The van der Waals surface area contributed by atoms with Crippen LogP contribution >= 0.6 is 0 Å². The third kappa shape index (κ3) is 4.53. The smallest absolute Gasteiger partial charge is 0.0991 e. The summed E-state index contributed by atoms with van der Waals surface area (Å²) in [7, 11) is 0. The lowest BCUT2D eigenvalue weighted by atomic mass is 10.1. The van der Waals surface area contributed by atoms with E-state index in [4.69, 9.17) is 0 Å². The topological polar surface area (TPSA) is 91.9 Å². The first-order chi connectivity index (χ1) is 13.7. The van der Waals surface area contributed by atoms with Gasteiger partial charge in [0.25, 0.3) is 0 Å². The van der Waals surface area contributed by atoms with Crippen LogP contribution in [0.4, 0.5) is 0 Å². The normalized spacial score (nSPS) is 11.9. The first kappa shape index (κ1) is 19.9. The summed E-state index contributed by atoms with van der Waals surface area (Å²) in [4.78, 5) is 8.14. The fourth-order valence-corrected chi connectivity index (χ4v) is 2.84. The van der Waals surface area contributed by atoms with Crippen LogP contribution in [0.25, 0.3) is 11.4 Å². The van der Waals surface area contributed by atoms with Crippen molar-refractivity contribution < 1.29 is 5.48 Å². The molecule has 0 spiro atoms. The van der Waals surface area contributed by atoms with Crippen molar-refractivity contribution in [2.75, 3.05) is 0 Å². The lowest BCUT2D eigenvalue weighted by Gasteiger charge is -2.05. The van der Waals surface area contributed by atoms with Gasteiger partial charge in [0.2, 0.25) is 0 Å². The summed E-state index contributed by atoms with van der Waals surface area (Å²) in [5.74, 6) is 0. The van der Waals surface area contributed by atoms with Crippen LogP contribution in [0.3, 0.4) is 0 Å². The van der Waals surface area contributed by atoms with E-state index in [9.17, 15) is 0 Å². The molecule has 4 rings (SSSR count). The molecule has 2 heterocycles. The molecule has 0 amide bonds. The Hall–Kier alpha value is -3.84. The summed E-state index contributed by atoms with van der Waals surface area (Å²) < 4.78 is 3.93. The van der Waals surface area contributed by atoms with Crippen LogP contribution in [0.5, 0.6) is 0 Å². The Morgan fingerprint density at radius 3 is 1.34 bits per heavy atom. The summed E-state index contributed by atoms with van der Waals surface area (Å²) in [6.45, 7) is 3.93. The Morgan fingerprint density at radius 2 is 1.03 bits per heavy atom. The number of imidazole rings is 2. The molecule has 7 heteroatoms. The second-order valence-electron chi connectivity index (χ2n) is 6.40. The highest BCUT2D eigenvalue weighted by Crippen LogP contribution is 2.12. The third-order valence-electron chi connectivity index (χ3n) is 4.53. The lowest BCUT2D eigenvalue weighted by Crippen LogP contribution is -1.98. The van der Waals surface area contributed by atoms with Gasteiger partial charge >= 0.3 is 0 Å². The van der Waals surface area contributed by atoms with E-state index in [0.29, 0.717) is 0 Å². The molecule has 0 bridgehead atoms. The molecule has 2 aromatic carbocycles. The molecule has 0 atom stereocenters. The van der Waals surface area contributed by atoms with Crippen molar-refractivity contribution in [2.45, 2.75) is 13.8 Å². The number of benzene rings is 2. The van der Waals surface area contributed by atoms with Gasteiger partial charge in [-0.1, -0.05) is 24.3 Å². The lowest BCUT2D eigenvalue weighted by molar-refractivity contribution is 0.824. The molecule has 0 aliphatic rings. The van der Waals surface area contributed by atoms with E-state index in [0.717, 1.165) is 33.9 Å². The van der Waals surface area contributed by atoms with E-state index < -0.39 is 0 Å². The van der Waals surface area contributed by atoms with Crippen molar-refractivity contribution in [1.29, 1.82) is 0 Å². The molecule has 146 valence electrons. The van der Waals surface area contributed by atoms with Crippen molar-refractivity contribution in [3.8, 4) is 11.4 Å². The first-order valence-electron chi connectivity index (χ1n) is 8.97. The molecule has 0 aliphatic carbocycles. The molecule has 0 saturated carbocycles. The summed E-state index contributed by atoms with van der Waals surface area (Å²) in [5.41, 5.74) is 5.93. The highest BCUT2D eigenvalue weighted by molar-refractivity contribution is 6.01. The fraction of sp³-hybridized carbons (Fsp3) is 0.0909. The Labute approximate surface area is 169 Å². The maximum absolute atomic E-state index is 4.41. The SMILES string of the molecule is C/C(=N\N=C(/C)c1ccc(-n2ccnc2)cc1)c1ccc(-n2ccnc2)cc1.O. The van der Waals surface area contributed by atoms with Gasteiger partial charge in [-0.25, -0.2) is 9.97 Å². The monoisotopic (exact) mass is 386 g/mol. The van der Waals surface area contributed by atoms with Gasteiger partial charge in [-0.05, 0) is 49.2 Å². The standard InChI is InChI=1S/C22H20N6.H2O/c1-17(19-3-7-21(8-4-19)27-13-11-23-15-27)25-26-18(2)20-5-9-22(10-6-20)28-14-12-24-16-28;/h3-16H,1-2H3;1H2/b25-17+,26-18+;. The molecule has 0 radical (unpaired) electrons. The van der Waals surface area contributed by atoms with Crippen LogP contribution < -0.4 is 0 Å². The average Bonchev–Trinajstić information content (AvgIpc) is 3.46. The molecule has 7 nitrogen and oxygen atoms in total. The minimum Gasteiger partial charge on any atom is -0.412 e. The minimum atomic E-state index is 0. The number of hydrogen-bond acceptors (Lipinski definition) is 4. The molecule has 0 fully saturated rings. The van der Waals surface area contributed by atoms with Crippen LogP contribution in [0, 0.1) is 0 Å². The second kappa shape index (κ2) is 8.90. The summed E-state index contributed by atoms with van der Waals surface area (Å²) >= 11 is 0. The van der Waals surface area contributed by atoms with Crippen LogP contribution in [0.1, 0.15) is 25.0 Å². The zero-order valence-corrected chi connectivity index (χ0v) is 16.3. The number of nitrogens with zero attached hydrogens (tertiary/aromatic N) is 6. The van der Waals surface area contributed by atoms with Crippen LogP contribution in [-0.4, -0.2) is 36.0 Å². The molecule has 29 heavy (non-hydrogen) atoms. The van der Waals surface area contributed by atoms with Crippen molar-refractivity contribution in [3.63, 3.8) is 0 Å². The van der Waals surface area contributed by atoms with Crippen LogP contribution in [-0.2, 0) is 0 Å². The van der Waals surface area contributed by atoms with Crippen LogP contribution in [0.2, 0.25) is 0 Å². The molecule has 2 N–H and O–H groups in total. The number of hydrogen-bond donors (Lipinski definition) is 0. The fourth-order valence-electron chi connectivity index (χ4n) is 2.84. The van der Waals surface area contributed by atoms with Gasteiger partial charge in [0.1, 0.15) is 0 Å². The Bertz CT molecular complexity index is 1000. The average molecular weight is 386 g/mol. The van der Waals surface area contributed by atoms with Crippen molar-refractivity contribution in [3.05, 3.63) is 97.1 Å². The zero-order chi connectivity index (χ0) is 19.3. The molecule has 0 unspecified atom stereocenters. The zero-order valence-electron chi connectivity index (χ0n) is 16.3. The Balaban J connectivity index is 0.00000240. The summed E-state index contributed by atoms with van der Waals surface area (Å²) in [6, 6.07) is 16.3. The molecular weight excluding hydrogens is 364 g/mol. The van der Waals surface area contributed by atoms with Gasteiger partial charge in [0.05, 0.1) is 24.1 Å². The van der Waals surface area contributed by atoms with E-state index in [-0.39, 0.29) is 5.48 Å². The van der Waals surface area contributed by atoms with Crippen molar-refractivity contribution in [1.82, 2.24) is 19.1 Å². The van der Waals surface area contributed by atoms with Gasteiger partial charge in [-0.3, -0.25) is 0 Å². The predicted molar refractivity (Wildman–Crippen MR) is 115 cm³/mol. The maximum atomic E-state index is 4.41. The van der Waals surface area contributed by atoms with E-state index in [1.54, 1.807) is 25.0 Å². The highest BCUT2D eigenvalue weighted by Gasteiger charge is 2.02. The molecular formula is C22H22N6O. The molecule has 4 aromatic rings. The van der Waals surface area contributed by atoms with Crippen LogP contribution in [0.15, 0.2) is 96.2 Å². The van der Waals surface area contributed by atoms with E-state index in [1.807, 2.05) is 83.9 Å². The summed E-state index contributed by atoms with van der Waals surface area (Å²) in [6.07, 6.45) is 10.9. The van der Waals surface area contributed by atoms with Crippen molar-refractivity contribution >= 4 is 11.4 Å². The number of rotatable bonds is 5. The van der Waals surface area contributed by atoms with Gasteiger partial charge in [0.15, 0.2) is 0 Å². The maximum Gasteiger partial charge on any atom is 0.0991 e. The van der Waals surface area contributed by atoms with Gasteiger partial charge < -0.3 is 14.6 Å². The first-order valence-corrected chi connectivity index (χ1v) is 8.97. The Kier molecular flexibility index (Phi) is 6.11. The quantitative estimate of drug-likeness (QED) is 0.388. The van der Waals surface area contributed by atoms with Gasteiger partial charge in [-0.2, -0.15) is 10.2 Å². The predicted octanol–water partition coefficient (Wildman–Crippen LogP) is 3.47. The minimum absolute atomic E-state index is 0. The van der Waals surface area contributed by atoms with E-state index >= 15 is 0 Å². The molecule has 0 saturated heterocycles. The highest BCUT2D eigenvalue weighted by atomic mass is 16.0. The molecule has 2 aromatic heterocycles. The van der Waals surface area contributed by atoms with Gasteiger partial charge in [0, 0.05) is 36.2 Å². The second-order valence-corrected chi connectivity index (χ2v) is 6.40. The van der Waals surface area contributed by atoms with E-state index in [1.165, 1.54) is 0 Å². The van der Waals surface area contributed by atoms with Gasteiger partial charge in [-0.15, -0.1) is 0 Å². The third-order valence-corrected chi connectivity index (χ3v) is 4.53. The van der Waals surface area contributed by atoms with E-state index in [2.05, 4.69) is 20.2 Å².